The van der Waals surface area contributed by atoms with E-state index in [1.165, 1.54) is 5.56 Å². The molecule has 130 valence electrons. The van der Waals surface area contributed by atoms with Crippen LogP contribution in [0.15, 0.2) is 45.7 Å². The molecule has 25 heavy (non-hydrogen) atoms. The van der Waals surface area contributed by atoms with Gasteiger partial charge in [-0.25, -0.2) is 0 Å². The number of nitrogens with one attached hydrogen (secondary N) is 1. The van der Waals surface area contributed by atoms with Gasteiger partial charge >= 0.3 is 0 Å². The van der Waals surface area contributed by atoms with Crippen LogP contribution in [-0.4, -0.2) is 27.7 Å². The molecule has 2 aliphatic heterocycles. The van der Waals surface area contributed by atoms with Crippen LogP contribution in [0.3, 0.4) is 0 Å². The lowest BCUT2D eigenvalue weighted by Crippen LogP contribution is -2.50. The molecule has 4 nitrogen and oxygen atoms in total. The SMILES string of the molecule is Cc1ccc(NC(=S)N2CC3C[C@@H](C2)c2cccc(=O)n2C3)c(Br)c1. The minimum absolute atomic E-state index is 0.116. The van der Waals surface area contributed by atoms with Crippen LogP contribution in [0.1, 0.15) is 23.6 Å². The molecule has 2 atom stereocenters. The molecule has 1 aromatic carbocycles. The van der Waals surface area contributed by atoms with Gasteiger partial charge in [-0.3, -0.25) is 4.79 Å². The topological polar surface area (TPSA) is 37.3 Å². The van der Waals surface area contributed by atoms with Gasteiger partial charge < -0.3 is 14.8 Å². The Balaban J connectivity index is 1.54. The summed E-state index contributed by atoms with van der Waals surface area (Å²) in [5.74, 6) is 0.829. The Kier molecular flexibility index (Phi) is 4.41. The van der Waals surface area contributed by atoms with Crippen LogP contribution < -0.4 is 10.9 Å². The Bertz CT molecular complexity index is 894. The molecule has 4 rings (SSSR count). The first-order valence-corrected chi connectivity index (χ1v) is 9.73. The van der Waals surface area contributed by atoms with Crippen molar-refractivity contribution in [1.82, 2.24) is 9.47 Å². The molecule has 0 radical (unpaired) electrons. The van der Waals surface area contributed by atoms with Crippen LogP contribution in [0.5, 0.6) is 0 Å². The van der Waals surface area contributed by atoms with Crippen LogP contribution in [-0.2, 0) is 6.54 Å². The molecule has 0 spiro atoms. The highest BCUT2D eigenvalue weighted by atomic mass is 79.9. The lowest BCUT2D eigenvalue weighted by Gasteiger charge is -2.43. The zero-order valence-electron chi connectivity index (χ0n) is 14.0. The number of pyridine rings is 1. The second-order valence-electron chi connectivity index (χ2n) is 7.02. The fourth-order valence-corrected chi connectivity index (χ4v) is 4.83. The Morgan fingerprint density at radius 1 is 1.24 bits per heavy atom. The van der Waals surface area contributed by atoms with Crippen molar-refractivity contribution in [1.29, 1.82) is 0 Å². The lowest BCUT2D eigenvalue weighted by molar-refractivity contribution is 0.180. The van der Waals surface area contributed by atoms with E-state index in [-0.39, 0.29) is 5.56 Å². The fraction of sp³-hybridized carbons (Fsp3) is 0.368. The molecule has 1 fully saturated rings. The highest BCUT2D eigenvalue weighted by Crippen LogP contribution is 2.35. The summed E-state index contributed by atoms with van der Waals surface area (Å²) in [5, 5.41) is 4.13. The van der Waals surface area contributed by atoms with E-state index >= 15 is 0 Å². The normalized spacial score (nSPS) is 21.6. The Hall–Kier alpha value is -1.66. The first-order chi connectivity index (χ1) is 12.0. The van der Waals surface area contributed by atoms with Crippen LogP contribution in [0.2, 0.25) is 0 Å². The van der Waals surface area contributed by atoms with Crippen LogP contribution in [0.4, 0.5) is 5.69 Å². The Labute approximate surface area is 161 Å². The summed E-state index contributed by atoms with van der Waals surface area (Å²) in [7, 11) is 0. The predicted octanol–water partition coefficient (Wildman–Crippen LogP) is 3.74. The van der Waals surface area contributed by atoms with Crippen LogP contribution in [0.25, 0.3) is 0 Å². The van der Waals surface area contributed by atoms with Crippen molar-refractivity contribution in [2.75, 3.05) is 18.4 Å². The monoisotopic (exact) mass is 417 g/mol. The summed E-state index contributed by atoms with van der Waals surface area (Å²) in [6, 6.07) is 11.8. The second-order valence-corrected chi connectivity index (χ2v) is 8.26. The van der Waals surface area contributed by atoms with E-state index in [0.717, 1.165) is 47.0 Å². The van der Waals surface area contributed by atoms with Crippen molar-refractivity contribution >= 4 is 38.9 Å². The molecule has 1 unspecified atom stereocenters. The van der Waals surface area contributed by atoms with E-state index in [1.54, 1.807) is 6.07 Å². The van der Waals surface area contributed by atoms with Gasteiger partial charge in [-0.15, -0.1) is 0 Å². The molecule has 0 saturated carbocycles. The first kappa shape index (κ1) is 16.8. The van der Waals surface area contributed by atoms with Crippen molar-refractivity contribution < 1.29 is 0 Å². The standard InChI is InChI=1S/C19H20BrN3OS/c1-12-5-6-16(15(20)7-12)21-19(25)22-9-13-8-14(11-22)17-3-2-4-18(24)23(17)10-13/h2-7,13-14H,8-11H2,1H3,(H,21,25)/t13?,14-/m0/s1. The molecule has 3 heterocycles. The molecule has 0 amide bonds. The van der Waals surface area contributed by atoms with Gasteiger partial charge in [0.05, 0.1) is 5.69 Å². The number of fused-ring (bicyclic) bond motifs is 4. The molecular weight excluding hydrogens is 398 g/mol. The maximum absolute atomic E-state index is 12.1. The molecule has 6 heteroatoms. The largest absolute Gasteiger partial charge is 0.348 e. The van der Waals surface area contributed by atoms with Crippen LogP contribution >= 0.6 is 28.1 Å². The van der Waals surface area contributed by atoms with Crippen molar-refractivity contribution in [2.24, 2.45) is 5.92 Å². The predicted molar refractivity (Wildman–Crippen MR) is 108 cm³/mol. The number of halogens is 1. The zero-order valence-corrected chi connectivity index (χ0v) is 16.4. The third-order valence-corrected chi connectivity index (χ3v) is 6.15. The van der Waals surface area contributed by atoms with E-state index < -0.39 is 0 Å². The number of thiocarbonyl (C=S) groups is 1. The van der Waals surface area contributed by atoms with Crippen LogP contribution in [0, 0.1) is 12.8 Å². The van der Waals surface area contributed by atoms with E-state index in [0.29, 0.717) is 11.8 Å². The molecular formula is C19H20BrN3OS. The summed E-state index contributed by atoms with van der Waals surface area (Å²) in [6.07, 6.45) is 1.14. The summed E-state index contributed by atoms with van der Waals surface area (Å²) in [4.78, 5) is 14.4. The summed E-state index contributed by atoms with van der Waals surface area (Å²) in [5.41, 5.74) is 3.46. The number of hydrogen-bond donors (Lipinski definition) is 1. The first-order valence-electron chi connectivity index (χ1n) is 8.53. The third kappa shape index (κ3) is 3.25. The Morgan fingerprint density at radius 3 is 2.88 bits per heavy atom. The van der Waals surface area contributed by atoms with Crippen molar-refractivity contribution in [3.05, 3.63) is 62.5 Å². The van der Waals surface area contributed by atoms with Crippen molar-refractivity contribution in [3.8, 4) is 0 Å². The minimum Gasteiger partial charge on any atom is -0.348 e. The van der Waals surface area contributed by atoms with Gasteiger partial charge in [0, 0.05) is 41.8 Å². The minimum atomic E-state index is 0.116. The van der Waals surface area contributed by atoms with Gasteiger partial charge in [0.25, 0.3) is 5.56 Å². The Morgan fingerprint density at radius 2 is 2.08 bits per heavy atom. The molecule has 1 aromatic heterocycles. The smallest absolute Gasteiger partial charge is 0.250 e. The lowest BCUT2D eigenvalue weighted by atomic mass is 9.83. The quantitative estimate of drug-likeness (QED) is 0.717. The van der Waals surface area contributed by atoms with Crippen molar-refractivity contribution in [3.63, 3.8) is 0 Å². The van der Waals surface area contributed by atoms with Gasteiger partial charge in [-0.1, -0.05) is 12.1 Å². The molecule has 0 aliphatic carbocycles. The number of hydrogen-bond acceptors (Lipinski definition) is 2. The van der Waals surface area contributed by atoms with Gasteiger partial charge in [-0.05, 0) is 71.2 Å². The number of benzene rings is 1. The number of rotatable bonds is 1. The van der Waals surface area contributed by atoms with Gasteiger partial charge in [0.15, 0.2) is 5.11 Å². The summed E-state index contributed by atoms with van der Waals surface area (Å²) < 4.78 is 2.97. The van der Waals surface area contributed by atoms with Gasteiger partial charge in [0.1, 0.15) is 0 Å². The van der Waals surface area contributed by atoms with Gasteiger partial charge in [0.2, 0.25) is 0 Å². The maximum Gasteiger partial charge on any atom is 0.250 e. The third-order valence-electron chi connectivity index (χ3n) is 5.13. The molecule has 1 saturated heterocycles. The number of nitrogens with zero attached hydrogens (tertiary/aromatic N) is 2. The second kappa shape index (κ2) is 6.57. The molecule has 2 bridgehead atoms. The molecule has 2 aliphatic rings. The maximum atomic E-state index is 12.1. The summed E-state index contributed by atoms with van der Waals surface area (Å²) >= 11 is 9.28. The average Bonchev–Trinajstić information content (AvgIpc) is 2.58. The molecule has 1 N–H and O–H groups in total. The number of likely N-dealkylation sites (tertiary alicyclic amines) is 1. The molecule has 2 aromatic rings. The van der Waals surface area contributed by atoms with E-state index in [4.69, 9.17) is 12.2 Å². The van der Waals surface area contributed by atoms with Gasteiger partial charge in [-0.2, -0.15) is 0 Å². The zero-order chi connectivity index (χ0) is 17.6. The number of piperidine rings is 1. The summed E-state index contributed by atoms with van der Waals surface area (Å²) in [6.45, 7) is 4.61. The van der Waals surface area contributed by atoms with E-state index in [9.17, 15) is 4.79 Å². The number of anilines is 1. The highest BCUT2D eigenvalue weighted by Gasteiger charge is 2.35. The number of aromatic nitrogens is 1. The average molecular weight is 418 g/mol. The van der Waals surface area contributed by atoms with E-state index in [1.807, 2.05) is 16.7 Å². The highest BCUT2D eigenvalue weighted by molar-refractivity contribution is 9.10. The number of aryl methyl sites for hydroxylation is 1. The fourth-order valence-electron chi connectivity index (χ4n) is 3.98. The van der Waals surface area contributed by atoms with E-state index in [2.05, 4.69) is 51.3 Å². The van der Waals surface area contributed by atoms with Crippen molar-refractivity contribution in [2.45, 2.75) is 25.8 Å².